The van der Waals surface area contributed by atoms with Gasteiger partial charge in [-0.05, 0) is 47.7 Å². The Morgan fingerprint density at radius 1 is 1.16 bits per heavy atom. The van der Waals surface area contributed by atoms with Crippen LogP contribution in [-0.4, -0.2) is 15.0 Å². The van der Waals surface area contributed by atoms with E-state index in [1.807, 2.05) is 6.07 Å². The summed E-state index contributed by atoms with van der Waals surface area (Å²) in [6.07, 6.45) is 8.53. The molecule has 5 heteroatoms. The Morgan fingerprint density at radius 3 is 2.84 bits per heavy atom. The number of hydrogen-bond donors (Lipinski definition) is 1. The van der Waals surface area contributed by atoms with Crippen molar-refractivity contribution in [3.05, 3.63) is 44.5 Å². The number of halogens is 1. The predicted octanol–water partition coefficient (Wildman–Crippen LogP) is 2.86. The Balaban J connectivity index is 2.11. The minimum absolute atomic E-state index is 0.00174. The summed E-state index contributed by atoms with van der Waals surface area (Å²) in [5.74, 6) is 0.611. The van der Waals surface area contributed by atoms with Crippen LogP contribution < -0.4 is 5.56 Å². The van der Waals surface area contributed by atoms with Crippen molar-refractivity contribution in [2.75, 3.05) is 0 Å². The van der Waals surface area contributed by atoms with Crippen LogP contribution in [-0.2, 0) is 12.8 Å². The molecular formula is C14H14BrN3O. The summed E-state index contributed by atoms with van der Waals surface area (Å²) in [5.41, 5.74) is 2.65. The molecular weight excluding hydrogens is 306 g/mol. The molecule has 0 aromatic carbocycles. The van der Waals surface area contributed by atoms with E-state index in [-0.39, 0.29) is 5.56 Å². The maximum Gasteiger partial charge on any atom is 0.254 e. The lowest BCUT2D eigenvalue weighted by molar-refractivity contribution is 0.708. The number of aromatic nitrogens is 3. The van der Waals surface area contributed by atoms with Gasteiger partial charge in [-0.3, -0.25) is 9.78 Å². The fourth-order valence-electron chi connectivity index (χ4n) is 2.46. The first kappa shape index (κ1) is 12.5. The Kier molecular flexibility index (Phi) is 3.46. The summed E-state index contributed by atoms with van der Waals surface area (Å²) in [6, 6.07) is 1.91. The van der Waals surface area contributed by atoms with Crippen LogP contribution in [0.15, 0.2) is 27.7 Å². The quantitative estimate of drug-likeness (QED) is 0.822. The smallest absolute Gasteiger partial charge is 0.254 e. The standard InChI is InChI=1S/C14H14BrN3O/c15-10-6-9(7-16-8-10)13-17-12-5-3-1-2-4-11(12)14(19)18-13/h6-8H,1-5H2,(H,17,18,19). The predicted molar refractivity (Wildman–Crippen MR) is 77.0 cm³/mol. The van der Waals surface area contributed by atoms with Crippen LogP contribution in [0.2, 0.25) is 0 Å². The first-order chi connectivity index (χ1) is 9.24. The zero-order chi connectivity index (χ0) is 13.2. The monoisotopic (exact) mass is 319 g/mol. The minimum atomic E-state index is 0.00174. The van der Waals surface area contributed by atoms with Crippen molar-refractivity contribution in [2.45, 2.75) is 32.1 Å². The van der Waals surface area contributed by atoms with E-state index < -0.39 is 0 Å². The van der Waals surface area contributed by atoms with Crippen molar-refractivity contribution in [2.24, 2.45) is 0 Å². The number of aromatic amines is 1. The molecule has 3 rings (SSSR count). The van der Waals surface area contributed by atoms with Crippen molar-refractivity contribution in [1.82, 2.24) is 15.0 Å². The van der Waals surface area contributed by atoms with Gasteiger partial charge in [0.2, 0.25) is 0 Å². The third kappa shape index (κ3) is 2.61. The van der Waals surface area contributed by atoms with E-state index in [9.17, 15) is 4.79 Å². The molecule has 0 aliphatic heterocycles. The van der Waals surface area contributed by atoms with Crippen molar-refractivity contribution >= 4 is 15.9 Å². The molecule has 2 aromatic heterocycles. The lowest BCUT2D eigenvalue weighted by atomic mass is 10.1. The molecule has 0 bridgehead atoms. The topological polar surface area (TPSA) is 58.6 Å². The summed E-state index contributed by atoms with van der Waals surface area (Å²) in [5, 5.41) is 0. The lowest BCUT2D eigenvalue weighted by Crippen LogP contribution is -2.18. The molecule has 0 fully saturated rings. The Bertz CT molecular complexity index is 666. The van der Waals surface area contributed by atoms with E-state index >= 15 is 0 Å². The Labute approximate surface area is 119 Å². The van der Waals surface area contributed by atoms with E-state index in [1.54, 1.807) is 12.4 Å². The number of fused-ring (bicyclic) bond motifs is 1. The van der Waals surface area contributed by atoms with Crippen LogP contribution >= 0.6 is 15.9 Å². The average molecular weight is 320 g/mol. The highest BCUT2D eigenvalue weighted by Gasteiger charge is 2.15. The molecule has 19 heavy (non-hydrogen) atoms. The van der Waals surface area contributed by atoms with Crippen LogP contribution in [0.25, 0.3) is 11.4 Å². The number of rotatable bonds is 1. The van der Waals surface area contributed by atoms with Crippen LogP contribution in [0.4, 0.5) is 0 Å². The number of nitrogens with one attached hydrogen (secondary N) is 1. The van der Waals surface area contributed by atoms with Crippen molar-refractivity contribution in [1.29, 1.82) is 0 Å². The summed E-state index contributed by atoms with van der Waals surface area (Å²) in [7, 11) is 0. The maximum absolute atomic E-state index is 12.2. The summed E-state index contributed by atoms with van der Waals surface area (Å²) < 4.78 is 0.877. The lowest BCUT2D eigenvalue weighted by Gasteiger charge is -2.07. The molecule has 2 heterocycles. The highest BCUT2D eigenvalue weighted by Crippen LogP contribution is 2.21. The molecule has 98 valence electrons. The van der Waals surface area contributed by atoms with Gasteiger partial charge in [-0.15, -0.1) is 0 Å². The zero-order valence-electron chi connectivity index (χ0n) is 10.4. The van der Waals surface area contributed by atoms with E-state index in [0.717, 1.165) is 47.0 Å². The molecule has 0 unspecified atom stereocenters. The molecule has 1 N–H and O–H groups in total. The van der Waals surface area contributed by atoms with Gasteiger partial charge in [-0.1, -0.05) is 6.42 Å². The van der Waals surface area contributed by atoms with Gasteiger partial charge < -0.3 is 4.98 Å². The molecule has 0 saturated carbocycles. The first-order valence-corrected chi connectivity index (χ1v) is 7.26. The van der Waals surface area contributed by atoms with Gasteiger partial charge in [0.05, 0.1) is 5.69 Å². The molecule has 0 spiro atoms. The third-order valence-electron chi connectivity index (χ3n) is 3.42. The average Bonchev–Trinajstić information content (AvgIpc) is 2.64. The number of nitrogens with zero attached hydrogens (tertiary/aromatic N) is 2. The van der Waals surface area contributed by atoms with Crippen molar-refractivity contribution < 1.29 is 0 Å². The molecule has 2 aromatic rings. The van der Waals surface area contributed by atoms with Crippen LogP contribution in [0, 0.1) is 0 Å². The number of hydrogen-bond acceptors (Lipinski definition) is 3. The second-order valence-corrected chi connectivity index (χ2v) is 5.71. The second kappa shape index (κ2) is 5.25. The van der Waals surface area contributed by atoms with Gasteiger partial charge in [-0.2, -0.15) is 0 Å². The van der Waals surface area contributed by atoms with Crippen molar-refractivity contribution in [3.63, 3.8) is 0 Å². The molecule has 0 saturated heterocycles. The number of pyridine rings is 1. The van der Waals surface area contributed by atoms with Gasteiger partial charge in [0.1, 0.15) is 5.82 Å². The summed E-state index contributed by atoms with van der Waals surface area (Å²) >= 11 is 3.38. The highest BCUT2D eigenvalue weighted by molar-refractivity contribution is 9.10. The summed E-state index contributed by atoms with van der Waals surface area (Å²) in [6.45, 7) is 0. The van der Waals surface area contributed by atoms with E-state index in [1.165, 1.54) is 6.42 Å². The molecule has 0 atom stereocenters. The molecule has 1 aliphatic carbocycles. The van der Waals surface area contributed by atoms with Crippen LogP contribution in [0.1, 0.15) is 30.5 Å². The van der Waals surface area contributed by atoms with Gasteiger partial charge in [0, 0.05) is 28.0 Å². The number of H-pyrrole nitrogens is 1. The van der Waals surface area contributed by atoms with Crippen LogP contribution in [0.5, 0.6) is 0 Å². The normalized spacial score (nSPS) is 14.8. The zero-order valence-corrected chi connectivity index (χ0v) is 12.0. The molecule has 0 radical (unpaired) electrons. The second-order valence-electron chi connectivity index (χ2n) is 4.79. The number of aryl methyl sites for hydroxylation is 1. The first-order valence-electron chi connectivity index (χ1n) is 6.47. The fourth-order valence-corrected chi connectivity index (χ4v) is 2.82. The molecule has 1 aliphatic rings. The van der Waals surface area contributed by atoms with Crippen LogP contribution in [0.3, 0.4) is 0 Å². The molecule has 4 nitrogen and oxygen atoms in total. The van der Waals surface area contributed by atoms with Gasteiger partial charge in [0.15, 0.2) is 0 Å². The fraction of sp³-hybridized carbons (Fsp3) is 0.357. The van der Waals surface area contributed by atoms with Gasteiger partial charge >= 0.3 is 0 Å². The SMILES string of the molecule is O=c1[nH]c(-c2cncc(Br)c2)nc2c1CCCCC2. The van der Waals surface area contributed by atoms with E-state index in [4.69, 9.17) is 0 Å². The Morgan fingerprint density at radius 2 is 2.00 bits per heavy atom. The van der Waals surface area contributed by atoms with E-state index in [2.05, 4.69) is 30.9 Å². The van der Waals surface area contributed by atoms with Gasteiger partial charge in [0.25, 0.3) is 5.56 Å². The van der Waals surface area contributed by atoms with E-state index in [0.29, 0.717) is 5.82 Å². The van der Waals surface area contributed by atoms with Gasteiger partial charge in [-0.25, -0.2) is 4.98 Å². The Hall–Kier alpha value is -1.49. The maximum atomic E-state index is 12.2. The minimum Gasteiger partial charge on any atom is -0.306 e. The van der Waals surface area contributed by atoms with Crippen molar-refractivity contribution in [3.8, 4) is 11.4 Å². The molecule has 0 amide bonds. The highest BCUT2D eigenvalue weighted by atomic mass is 79.9. The summed E-state index contributed by atoms with van der Waals surface area (Å²) in [4.78, 5) is 23.8. The third-order valence-corrected chi connectivity index (χ3v) is 3.85. The largest absolute Gasteiger partial charge is 0.306 e.